The van der Waals surface area contributed by atoms with Gasteiger partial charge >= 0.3 is 18.0 Å². The number of nitrogens with zero attached hydrogens (tertiary/aromatic N) is 7. The Kier molecular flexibility index (Phi) is 15.7. The summed E-state index contributed by atoms with van der Waals surface area (Å²) in [6.07, 6.45) is 13.5. The van der Waals surface area contributed by atoms with E-state index in [0.29, 0.717) is 34.1 Å². The van der Waals surface area contributed by atoms with Crippen molar-refractivity contribution in [3.8, 4) is 11.5 Å². The van der Waals surface area contributed by atoms with Crippen molar-refractivity contribution in [1.29, 1.82) is 0 Å². The van der Waals surface area contributed by atoms with Crippen LogP contribution in [0, 0.1) is 0 Å². The average molecular weight is 1070 g/mol. The highest BCUT2D eigenvalue weighted by molar-refractivity contribution is 7.93. The highest BCUT2D eigenvalue weighted by Gasteiger charge is 2.42. The van der Waals surface area contributed by atoms with Crippen LogP contribution in [-0.4, -0.2) is 135 Å². The molecule has 18 nitrogen and oxygen atoms in total. The van der Waals surface area contributed by atoms with Crippen molar-refractivity contribution in [1.82, 2.24) is 23.8 Å². The SMILES string of the molecule is Cn1cnc(S(=O)(=O)N(CCOc2ccc3c(c2)[C@@H](Cc2ccccc2)[C@@H](N2CCC2)CC3)OC(=O)/C=C/C(=O)OC2=NC(S(N)(=O)=O)=C[N+]2(C)CCOc2ccc3c(c2)[C@@H](Cc2ccccc2)[C@@H](N2CCC2)CC3)c1. The van der Waals surface area contributed by atoms with Crippen molar-refractivity contribution in [3.63, 3.8) is 0 Å². The predicted molar refractivity (Wildman–Crippen MR) is 284 cm³/mol. The van der Waals surface area contributed by atoms with Gasteiger partial charge in [-0.25, -0.2) is 41.0 Å². The van der Waals surface area contributed by atoms with Gasteiger partial charge in [0.25, 0.3) is 20.0 Å². The van der Waals surface area contributed by atoms with E-state index >= 15 is 0 Å². The Morgan fingerprint density at radius 3 is 1.79 bits per heavy atom. The van der Waals surface area contributed by atoms with Gasteiger partial charge in [-0.05, 0) is 140 Å². The van der Waals surface area contributed by atoms with Crippen molar-refractivity contribution in [2.75, 3.05) is 59.5 Å². The maximum Gasteiger partial charge on any atom is 0.413 e. The summed E-state index contributed by atoms with van der Waals surface area (Å²) < 4.78 is 72.4. The maximum absolute atomic E-state index is 13.9. The normalized spacial score (nSPS) is 22.7. The van der Waals surface area contributed by atoms with Crippen LogP contribution in [0.15, 0.2) is 143 Å². The Labute approximate surface area is 444 Å². The second-order valence-electron chi connectivity index (χ2n) is 20.5. The molecule has 1 aromatic heterocycles. The van der Waals surface area contributed by atoms with Crippen molar-refractivity contribution in [3.05, 3.63) is 166 Å². The lowest BCUT2D eigenvalue weighted by Gasteiger charge is -2.45. The number of imidazole rings is 1. The molecule has 0 saturated carbocycles. The van der Waals surface area contributed by atoms with Gasteiger partial charge in [0, 0.05) is 49.3 Å². The van der Waals surface area contributed by atoms with Crippen LogP contribution < -0.4 is 14.6 Å². The molecule has 0 radical (unpaired) electrons. The first kappa shape index (κ1) is 52.9. The number of primary sulfonamides is 1. The van der Waals surface area contributed by atoms with E-state index in [4.69, 9.17) is 24.2 Å². The number of esters is 1. The summed E-state index contributed by atoms with van der Waals surface area (Å²) in [5, 5.41) is 4.59. The van der Waals surface area contributed by atoms with E-state index in [0.717, 1.165) is 70.8 Å². The Hall–Kier alpha value is -6.52. The molecule has 5 aliphatic rings. The fourth-order valence-corrected chi connectivity index (χ4v) is 12.9. The average Bonchev–Trinajstić information content (AvgIpc) is 4.00. The lowest BCUT2D eigenvalue weighted by Crippen LogP contribution is -2.49. The number of aryl methyl sites for hydroxylation is 3. The van der Waals surface area contributed by atoms with Gasteiger partial charge in [0.1, 0.15) is 37.5 Å². The van der Waals surface area contributed by atoms with Gasteiger partial charge in [-0.1, -0.05) is 72.8 Å². The number of carbonyl (C=O) groups excluding carboxylic acids is 2. The third kappa shape index (κ3) is 12.0. The first-order valence-electron chi connectivity index (χ1n) is 26.0. The molecule has 3 aliphatic heterocycles. The maximum atomic E-state index is 13.9. The molecule has 2 aliphatic carbocycles. The van der Waals surface area contributed by atoms with Gasteiger partial charge in [0.15, 0.2) is 5.03 Å². The molecule has 0 amide bonds. The molecule has 76 heavy (non-hydrogen) atoms. The molecule has 1 unspecified atom stereocenters. The predicted octanol–water partition coefficient (Wildman–Crippen LogP) is 5.72. The fourth-order valence-electron chi connectivity index (χ4n) is 11.1. The number of hydrogen-bond donors (Lipinski definition) is 1. The van der Waals surface area contributed by atoms with E-state index < -0.39 is 48.0 Å². The minimum absolute atomic E-state index is 0.0616. The number of hydrogen-bond acceptors (Lipinski definition) is 14. The number of rotatable bonds is 20. The van der Waals surface area contributed by atoms with E-state index in [2.05, 4.69) is 86.5 Å². The van der Waals surface area contributed by atoms with E-state index in [1.165, 1.54) is 69.5 Å². The van der Waals surface area contributed by atoms with E-state index in [9.17, 15) is 26.4 Å². The van der Waals surface area contributed by atoms with Gasteiger partial charge < -0.3 is 23.6 Å². The lowest BCUT2D eigenvalue weighted by molar-refractivity contribution is -0.773. The first-order chi connectivity index (χ1) is 36.6. The number of sulfonamides is 2. The van der Waals surface area contributed by atoms with Crippen LogP contribution in [0.25, 0.3) is 0 Å². The second-order valence-corrected chi connectivity index (χ2v) is 23.8. The highest BCUT2D eigenvalue weighted by Crippen LogP contribution is 2.42. The third-order valence-corrected chi connectivity index (χ3v) is 17.7. The van der Waals surface area contributed by atoms with Crippen LogP contribution in [0.5, 0.6) is 11.5 Å². The summed E-state index contributed by atoms with van der Waals surface area (Å²) >= 11 is 0. The largest absolute Gasteiger partial charge is 0.492 e. The molecule has 2 saturated heterocycles. The molecule has 4 aromatic carbocycles. The molecule has 5 aromatic rings. The number of likely N-dealkylation sites (N-methyl/N-ethyl adjacent to an activating group) is 1. The number of nitrogens with two attached hydrogens (primary N) is 1. The zero-order valence-electron chi connectivity index (χ0n) is 42.9. The quantitative estimate of drug-likeness (QED) is 0.0429. The minimum Gasteiger partial charge on any atom is -0.492 e. The van der Waals surface area contributed by atoms with Crippen molar-refractivity contribution in [2.24, 2.45) is 17.2 Å². The van der Waals surface area contributed by atoms with E-state index in [1.54, 1.807) is 14.1 Å². The molecule has 0 bridgehead atoms. The van der Waals surface area contributed by atoms with Crippen molar-refractivity contribution in [2.45, 2.75) is 80.3 Å². The van der Waals surface area contributed by atoms with Crippen LogP contribution in [0.2, 0.25) is 0 Å². The molecule has 10 rings (SSSR count). The number of ether oxygens (including phenoxy) is 3. The van der Waals surface area contributed by atoms with Crippen LogP contribution in [0.1, 0.15) is 70.9 Å². The lowest BCUT2D eigenvalue weighted by atomic mass is 9.75. The monoisotopic (exact) mass is 1070 g/mol. The smallest absolute Gasteiger partial charge is 0.413 e. The summed E-state index contributed by atoms with van der Waals surface area (Å²) in [5.41, 5.74) is 7.53. The zero-order chi connectivity index (χ0) is 53.0. The molecular weight excluding hydrogens is 1010 g/mol. The van der Waals surface area contributed by atoms with Crippen molar-refractivity contribution >= 4 is 38.0 Å². The molecule has 20 heteroatoms. The topological polar surface area (TPSA) is 205 Å². The zero-order valence-corrected chi connectivity index (χ0v) is 44.5. The van der Waals surface area contributed by atoms with Gasteiger partial charge in [-0.3, -0.25) is 9.80 Å². The van der Waals surface area contributed by atoms with Gasteiger partial charge in [0.05, 0.1) is 19.9 Å². The number of amidine groups is 1. The van der Waals surface area contributed by atoms with Gasteiger partial charge in [0.2, 0.25) is 5.03 Å². The molecule has 4 heterocycles. The Bertz CT molecular complexity index is 3250. The number of aromatic nitrogens is 2. The summed E-state index contributed by atoms with van der Waals surface area (Å²) in [6, 6.07) is 33.5. The molecular formula is C56H65N8O10S2+. The molecule has 2 N–H and O–H groups in total. The van der Waals surface area contributed by atoms with Crippen LogP contribution in [0.4, 0.5) is 0 Å². The Morgan fingerprint density at radius 2 is 1.29 bits per heavy atom. The third-order valence-electron chi connectivity index (χ3n) is 15.3. The molecule has 400 valence electrons. The second kappa shape index (κ2) is 22.6. The Balaban J connectivity index is 0.792. The summed E-state index contributed by atoms with van der Waals surface area (Å²) in [7, 11) is -5.71. The summed E-state index contributed by atoms with van der Waals surface area (Å²) in [4.78, 5) is 45.3. The number of fused-ring (bicyclic) bond motifs is 2. The van der Waals surface area contributed by atoms with E-state index in [-0.39, 0.29) is 42.6 Å². The number of benzene rings is 4. The molecule has 2 fully saturated rings. The van der Waals surface area contributed by atoms with Crippen LogP contribution in [0.3, 0.4) is 0 Å². The fraction of sp³-hybridized carbons (Fsp3) is 0.393. The number of carbonyl (C=O) groups is 2. The summed E-state index contributed by atoms with van der Waals surface area (Å²) in [5.74, 6) is -0.668. The Morgan fingerprint density at radius 1 is 0.750 bits per heavy atom. The van der Waals surface area contributed by atoms with Gasteiger partial charge in [-0.15, -0.1) is 4.99 Å². The van der Waals surface area contributed by atoms with Crippen LogP contribution >= 0.6 is 0 Å². The van der Waals surface area contributed by atoms with Crippen molar-refractivity contribution < 1.29 is 50.0 Å². The number of likely N-dealkylation sites (tertiary alicyclic amines) is 2. The first-order valence-corrected chi connectivity index (χ1v) is 29.0. The number of hydroxylamine groups is 1. The number of quaternary nitrogens is 1. The van der Waals surface area contributed by atoms with Crippen LogP contribution in [-0.2, 0) is 71.9 Å². The molecule has 0 spiro atoms. The summed E-state index contributed by atoms with van der Waals surface area (Å²) in [6.45, 7) is 3.84. The minimum atomic E-state index is -4.54. The number of aliphatic imine (C=N–C) groups is 1. The molecule has 5 atom stereocenters. The van der Waals surface area contributed by atoms with Gasteiger partial charge in [-0.2, -0.15) is 0 Å². The standard InChI is InChI=1S/C56H65N8O10S2/c1-60-37-52(58-39-60)76(69,70)63(29-31-71-44-19-15-42-17-21-50(61-25-9-26-61)48(46(42)35-44)33-40-11-5-3-6-12-40)74-55(66)24-23-54(65)73-56-59-53(75(57,67)68)38-64(56,2)30-32-72-45-20-16-43-18-22-51(62-27-10-28-62)49(47(43)36-45)34-41-13-7-4-8-14-41/h3-8,11-16,19-20,23-24,35-39,48-51H,9-10,17-18,21-22,25-34H2,1-2H3,(H2,57,67,68)/q+1/b24-23+/t48-,49-,50+,51+,64?/m1/s1. The highest BCUT2D eigenvalue weighted by atomic mass is 32.2. The van der Waals surface area contributed by atoms with E-state index in [1.807, 2.05) is 30.3 Å².